The van der Waals surface area contributed by atoms with Gasteiger partial charge >= 0.3 is 0 Å². The number of hydrogen-bond donors (Lipinski definition) is 2. The van der Waals surface area contributed by atoms with E-state index < -0.39 is 0 Å². The minimum absolute atomic E-state index is 0.0571. The first kappa shape index (κ1) is 14.8. The molecular weight excluding hydrogens is 324 g/mol. The summed E-state index contributed by atoms with van der Waals surface area (Å²) in [4.78, 5) is 12.5. The maximum atomic E-state index is 11.3. The predicted octanol–water partition coefficient (Wildman–Crippen LogP) is 3.09. The van der Waals surface area contributed by atoms with Crippen molar-refractivity contribution in [1.82, 2.24) is 9.78 Å². The molecule has 0 fully saturated rings. The molecule has 3 heterocycles. The zero-order valence-electron chi connectivity index (χ0n) is 13.1. The van der Waals surface area contributed by atoms with Gasteiger partial charge in [-0.3, -0.25) is 9.48 Å². The van der Waals surface area contributed by atoms with Crippen molar-refractivity contribution in [3.05, 3.63) is 47.5 Å². The van der Waals surface area contributed by atoms with E-state index in [4.69, 9.17) is 4.74 Å². The van der Waals surface area contributed by atoms with Crippen LogP contribution >= 0.6 is 11.3 Å². The Balaban J connectivity index is 1.53. The molecule has 6 nitrogen and oxygen atoms in total. The van der Waals surface area contributed by atoms with E-state index in [2.05, 4.69) is 27.2 Å². The van der Waals surface area contributed by atoms with Gasteiger partial charge in [0.25, 0.3) is 5.91 Å². The van der Waals surface area contributed by atoms with Crippen molar-refractivity contribution in [2.75, 3.05) is 17.2 Å². The third-order valence-electron chi connectivity index (χ3n) is 3.76. The summed E-state index contributed by atoms with van der Waals surface area (Å²) in [6, 6.07) is 9.77. The van der Waals surface area contributed by atoms with Gasteiger partial charge in [-0.05, 0) is 23.6 Å². The highest BCUT2D eigenvalue weighted by Crippen LogP contribution is 2.31. The largest absolute Gasteiger partial charge is 0.482 e. The summed E-state index contributed by atoms with van der Waals surface area (Å²) in [5, 5.41) is 12.8. The maximum Gasteiger partial charge on any atom is 0.262 e. The summed E-state index contributed by atoms with van der Waals surface area (Å²) >= 11 is 1.68. The lowest BCUT2D eigenvalue weighted by atomic mass is 10.2. The van der Waals surface area contributed by atoms with E-state index in [-0.39, 0.29) is 12.5 Å². The second-order valence-corrected chi connectivity index (χ2v) is 6.50. The van der Waals surface area contributed by atoms with E-state index in [1.807, 2.05) is 42.2 Å². The Kier molecular flexibility index (Phi) is 3.70. The van der Waals surface area contributed by atoms with Crippen LogP contribution in [0.3, 0.4) is 0 Å². The van der Waals surface area contributed by atoms with Crippen LogP contribution in [0.2, 0.25) is 0 Å². The van der Waals surface area contributed by atoms with E-state index in [1.54, 1.807) is 11.3 Å². The van der Waals surface area contributed by atoms with E-state index in [0.29, 0.717) is 18.0 Å². The van der Waals surface area contributed by atoms with Crippen LogP contribution in [0, 0.1) is 0 Å². The molecule has 1 aliphatic rings. The molecule has 0 saturated carbocycles. The molecule has 1 amide bonds. The number of amides is 1. The van der Waals surface area contributed by atoms with E-state index in [0.717, 1.165) is 21.8 Å². The average molecular weight is 340 g/mol. The standard InChI is InChI=1S/C17H16N4O2S/c1-21-9-11(17(20-21)15-3-2-6-24-15)8-18-12-4-5-13-14(7-12)23-10-16(22)19-13/h2-7,9,18H,8,10H2,1H3,(H,19,22). The zero-order valence-corrected chi connectivity index (χ0v) is 13.9. The Morgan fingerprint density at radius 2 is 2.33 bits per heavy atom. The van der Waals surface area contributed by atoms with Gasteiger partial charge in [-0.1, -0.05) is 6.07 Å². The van der Waals surface area contributed by atoms with Crippen molar-refractivity contribution in [2.24, 2.45) is 7.05 Å². The van der Waals surface area contributed by atoms with Gasteiger partial charge in [0.15, 0.2) is 6.61 Å². The number of ether oxygens (including phenoxy) is 1. The van der Waals surface area contributed by atoms with Crippen molar-refractivity contribution in [3.8, 4) is 16.3 Å². The molecule has 7 heteroatoms. The summed E-state index contributed by atoms with van der Waals surface area (Å²) in [5.74, 6) is 0.559. The lowest BCUT2D eigenvalue weighted by molar-refractivity contribution is -0.118. The molecule has 0 unspecified atom stereocenters. The summed E-state index contributed by atoms with van der Waals surface area (Å²) < 4.78 is 7.28. The van der Waals surface area contributed by atoms with E-state index in [9.17, 15) is 4.79 Å². The average Bonchev–Trinajstić information content (AvgIpc) is 3.22. The molecule has 1 aliphatic heterocycles. The van der Waals surface area contributed by atoms with Crippen LogP contribution in [-0.2, 0) is 18.4 Å². The van der Waals surface area contributed by atoms with Gasteiger partial charge in [0.1, 0.15) is 11.4 Å². The number of carbonyl (C=O) groups excluding carboxylic acids is 1. The number of benzene rings is 1. The molecule has 2 N–H and O–H groups in total. The molecule has 0 aliphatic carbocycles. The van der Waals surface area contributed by atoms with Crippen molar-refractivity contribution >= 4 is 28.6 Å². The lowest BCUT2D eigenvalue weighted by Crippen LogP contribution is -2.25. The van der Waals surface area contributed by atoms with Crippen molar-refractivity contribution < 1.29 is 9.53 Å². The van der Waals surface area contributed by atoms with Gasteiger partial charge in [0, 0.05) is 37.1 Å². The second kappa shape index (κ2) is 6.01. The number of aromatic nitrogens is 2. The van der Waals surface area contributed by atoms with Crippen molar-refractivity contribution in [3.63, 3.8) is 0 Å². The molecule has 0 radical (unpaired) electrons. The molecule has 2 aromatic heterocycles. The highest BCUT2D eigenvalue weighted by Gasteiger charge is 2.16. The number of anilines is 2. The summed E-state index contributed by atoms with van der Waals surface area (Å²) in [7, 11) is 1.93. The van der Waals surface area contributed by atoms with Gasteiger partial charge in [0.05, 0.1) is 10.6 Å². The lowest BCUT2D eigenvalue weighted by Gasteiger charge is -2.18. The predicted molar refractivity (Wildman–Crippen MR) is 94.4 cm³/mol. The quantitative estimate of drug-likeness (QED) is 0.766. The van der Waals surface area contributed by atoms with Crippen LogP contribution in [0.4, 0.5) is 11.4 Å². The molecule has 0 bridgehead atoms. The first-order valence-electron chi connectivity index (χ1n) is 7.56. The van der Waals surface area contributed by atoms with Crippen LogP contribution < -0.4 is 15.4 Å². The number of fused-ring (bicyclic) bond motifs is 1. The summed E-state index contributed by atoms with van der Waals surface area (Å²) in [6.45, 7) is 0.716. The fraction of sp³-hybridized carbons (Fsp3) is 0.176. The van der Waals surface area contributed by atoms with Gasteiger partial charge in [0.2, 0.25) is 0 Å². The van der Waals surface area contributed by atoms with Crippen molar-refractivity contribution in [1.29, 1.82) is 0 Å². The number of carbonyl (C=O) groups is 1. The van der Waals surface area contributed by atoms with Gasteiger partial charge in [-0.2, -0.15) is 5.10 Å². The van der Waals surface area contributed by atoms with Gasteiger partial charge < -0.3 is 15.4 Å². The normalized spacial score (nSPS) is 13.1. The van der Waals surface area contributed by atoms with Crippen LogP contribution in [0.15, 0.2) is 41.9 Å². The Morgan fingerprint density at radius 1 is 1.42 bits per heavy atom. The monoisotopic (exact) mass is 340 g/mol. The van der Waals surface area contributed by atoms with Crippen LogP contribution in [0.1, 0.15) is 5.56 Å². The molecular formula is C17H16N4O2S. The molecule has 4 rings (SSSR count). The second-order valence-electron chi connectivity index (χ2n) is 5.56. The molecule has 24 heavy (non-hydrogen) atoms. The first-order valence-corrected chi connectivity index (χ1v) is 8.44. The Bertz CT molecular complexity index is 886. The van der Waals surface area contributed by atoms with Gasteiger partial charge in [-0.15, -0.1) is 11.3 Å². The molecule has 0 atom stereocenters. The first-order chi connectivity index (χ1) is 11.7. The fourth-order valence-corrected chi connectivity index (χ4v) is 3.41. The minimum Gasteiger partial charge on any atom is -0.482 e. The summed E-state index contributed by atoms with van der Waals surface area (Å²) in [6.07, 6.45) is 2.02. The number of thiophene rings is 1. The minimum atomic E-state index is -0.126. The molecule has 1 aromatic carbocycles. The Labute approximate surface area is 143 Å². The maximum absolute atomic E-state index is 11.3. The fourth-order valence-electron chi connectivity index (χ4n) is 2.67. The Hall–Kier alpha value is -2.80. The van der Waals surface area contributed by atoms with E-state index in [1.165, 1.54) is 0 Å². The molecule has 0 spiro atoms. The third kappa shape index (κ3) is 2.85. The number of rotatable bonds is 4. The van der Waals surface area contributed by atoms with Gasteiger partial charge in [-0.25, -0.2) is 0 Å². The summed E-state index contributed by atoms with van der Waals surface area (Å²) in [5.41, 5.74) is 3.77. The number of nitrogens with zero attached hydrogens (tertiary/aromatic N) is 2. The number of aryl methyl sites for hydroxylation is 1. The SMILES string of the molecule is Cn1cc(CNc2ccc3c(c2)OCC(=O)N3)c(-c2cccs2)n1. The number of hydrogen-bond acceptors (Lipinski definition) is 5. The zero-order chi connectivity index (χ0) is 16.5. The molecule has 122 valence electrons. The van der Waals surface area contributed by atoms with Crippen LogP contribution in [0.5, 0.6) is 5.75 Å². The topological polar surface area (TPSA) is 68.2 Å². The highest BCUT2D eigenvalue weighted by molar-refractivity contribution is 7.13. The number of nitrogens with one attached hydrogen (secondary N) is 2. The highest BCUT2D eigenvalue weighted by atomic mass is 32.1. The van der Waals surface area contributed by atoms with Crippen LogP contribution in [0.25, 0.3) is 10.6 Å². The van der Waals surface area contributed by atoms with Crippen LogP contribution in [-0.4, -0.2) is 22.3 Å². The third-order valence-corrected chi connectivity index (χ3v) is 4.63. The van der Waals surface area contributed by atoms with E-state index >= 15 is 0 Å². The Morgan fingerprint density at radius 3 is 3.17 bits per heavy atom. The van der Waals surface area contributed by atoms with Crippen molar-refractivity contribution in [2.45, 2.75) is 6.54 Å². The molecule has 0 saturated heterocycles. The molecule has 3 aromatic rings. The smallest absolute Gasteiger partial charge is 0.262 e.